The molecule has 16 heavy (non-hydrogen) atoms. The predicted octanol–water partition coefficient (Wildman–Crippen LogP) is 1.51. The van der Waals surface area contributed by atoms with Gasteiger partial charge in [-0.05, 0) is 43.7 Å². The van der Waals surface area contributed by atoms with Crippen molar-refractivity contribution in [2.24, 2.45) is 5.73 Å². The van der Waals surface area contributed by atoms with Crippen LogP contribution in [0, 0.1) is 6.92 Å². The second kappa shape index (κ2) is 6.12. The quantitative estimate of drug-likeness (QED) is 0.607. The van der Waals surface area contributed by atoms with Gasteiger partial charge in [0.1, 0.15) is 5.75 Å². The highest BCUT2D eigenvalue weighted by atomic mass is 16.5. The molecule has 1 rings (SSSR count). The second-order valence-corrected chi connectivity index (χ2v) is 3.46. The summed E-state index contributed by atoms with van der Waals surface area (Å²) >= 11 is 0. The third-order valence-electron chi connectivity index (χ3n) is 2.22. The topological polar surface area (TPSA) is 61.5 Å². The van der Waals surface area contributed by atoms with Gasteiger partial charge in [-0.15, -0.1) is 0 Å². The van der Waals surface area contributed by atoms with E-state index in [2.05, 4.69) is 4.74 Å². The third kappa shape index (κ3) is 3.24. The molecule has 2 N–H and O–H groups in total. The lowest BCUT2D eigenvalue weighted by Gasteiger charge is -2.08. The minimum absolute atomic E-state index is 0.328. The number of ether oxygens (including phenoxy) is 2. The Morgan fingerprint density at radius 3 is 2.75 bits per heavy atom. The van der Waals surface area contributed by atoms with Crippen LogP contribution in [0.3, 0.4) is 0 Å². The van der Waals surface area contributed by atoms with E-state index in [0.717, 1.165) is 17.7 Å². The molecule has 0 bridgehead atoms. The number of rotatable bonds is 5. The second-order valence-electron chi connectivity index (χ2n) is 3.46. The summed E-state index contributed by atoms with van der Waals surface area (Å²) in [6.07, 6.45) is 0.817. The van der Waals surface area contributed by atoms with Crippen LogP contribution in [0.15, 0.2) is 18.2 Å². The molecule has 0 fully saturated rings. The van der Waals surface area contributed by atoms with Crippen molar-refractivity contribution in [2.75, 3.05) is 20.3 Å². The number of carbonyl (C=O) groups is 1. The minimum atomic E-state index is -0.328. The van der Waals surface area contributed by atoms with Crippen LogP contribution in [0.1, 0.15) is 22.3 Å². The number of hydrogen-bond donors (Lipinski definition) is 1. The van der Waals surface area contributed by atoms with E-state index in [9.17, 15) is 4.79 Å². The van der Waals surface area contributed by atoms with Crippen LogP contribution < -0.4 is 10.5 Å². The fourth-order valence-corrected chi connectivity index (χ4v) is 1.34. The fraction of sp³-hybridized carbons (Fsp3) is 0.417. The smallest absolute Gasteiger partial charge is 0.338 e. The number of carbonyl (C=O) groups excluding carboxylic acids is 1. The average molecular weight is 223 g/mol. The van der Waals surface area contributed by atoms with Crippen molar-refractivity contribution < 1.29 is 14.3 Å². The van der Waals surface area contributed by atoms with Gasteiger partial charge in [-0.25, -0.2) is 4.79 Å². The highest BCUT2D eigenvalue weighted by molar-refractivity contribution is 5.91. The van der Waals surface area contributed by atoms with Crippen LogP contribution in [0.25, 0.3) is 0 Å². The molecule has 4 nitrogen and oxygen atoms in total. The zero-order valence-electron chi connectivity index (χ0n) is 9.66. The maximum absolute atomic E-state index is 11.3. The first-order valence-corrected chi connectivity index (χ1v) is 5.21. The van der Waals surface area contributed by atoms with Gasteiger partial charge < -0.3 is 15.2 Å². The van der Waals surface area contributed by atoms with Crippen LogP contribution in [-0.2, 0) is 4.74 Å². The van der Waals surface area contributed by atoms with Gasteiger partial charge >= 0.3 is 5.97 Å². The number of benzene rings is 1. The summed E-state index contributed by atoms with van der Waals surface area (Å²) < 4.78 is 10.1. The van der Waals surface area contributed by atoms with Crippen LogP contribution in [0.5, 0.6) is 5.75 Å². The van der Waals surface area contributed by atoms with Crippen molar-refractivity contribution in [3.8, 4) is 5.75 Å². The maximum atomic E-state index is 11.3. The van der Waals surface area contributed by atoms with Crippen molar-refractivity contribution >= 4 is 5.97 Å². The molecule has 0 saturated heterocycles. The van der Waals surface area contributed by atoms with Crippen LogP contribution in [0.2, 0.25) is 0 Å². The first-order valence-electron chi connectivity index (χ1n) is 5.21. The van der Waals surface area contributed by atoms with E-state index in [1.807, 2.05) is 13.0 Å². The van der Waals surface area contributed by atoms with E-state index in [1.54, 1.807) is 12.1 Å². The Bertz CT molecular complexity index is 363. The fourth-order valence-electron chi connectivity index (χ4n) is 1.34. The lowest BCUT2D eigenvalue weighted by atomic mass is 10.1. The number of nitrogens with two attached hydrogens (primary N) is 1. The van der Waals surface area contributed by atoms with Crippen molar-refractivity contribution in [3.05, 3.63) is 29.3 Å². The van der Waals surface area contributed by atoms with Gasteiger partial charge in [0.15, 0.2) is 0 Å². The van der Waals surface area contributed by atoms with Crippen molar-refractivity contribution in [3.63, 3.8) is 0 Å². The van der Waals surface area contributed by atoms with Gasteiger partial charge in [-0.3, -0.25) is 0 Å². The Morgan fingerprint density at radius 1 is 1.44 bits per heavy atom. The lowest BCUT2D eigenvalue weighted by molar-refractivity contribution is 0.0600. The summed E-state index contributed by atoms with van der Waals surface area (Å²) in [6.45, 7) is 3.05. The maximum Gasteiger partial charge on any atom is 0.338 e. The normalized spacial score (nSPS) is 9.94. The molecule has 0 heterocycles. The van der Waals surface area contributed by atoms with E-state index >= 15 is 0 Å². The lowest BCUT2D eigenvalue weighted by Crippen LogP contribution is -2.07. The van der Waals surface area contributed by atoms with Gasteiger partial charge in [-0.2, -0.15) is 0 Å². The summed E-state index contributed by atoms with van der Waals surface area (Å²) in [5, 5.41) is 0. The van der Waals surface area contributed by atoms with Crippen molar-refractivity contribution in [2.45, 2.75) is 13.3 Å². The SMILES string of the molecule is COC(=O)c1ccc(OCCCN)cc1C. The zero-order valence-corrected chi connectivity index (χ0v) is 9.66. The molecule has 88 valence electrons. The number of hydrogen-bond acceptors (Lipinski definition) is 4. The molecule has 0 radical (unpaired) electrons. The molecular weight excluding hydrogens is 206 g/mol. The van der Waals surface area contributed by atoms with E-state index in [-0.39, 0.29) is 5.97 Å². The molecule has 0 aromatic heterocycles. The average Bonchev–Trinajstić information content (AvgIpc) is 2.29. The van der Waals surface area contributed by atoms with E-state index in [4.69, 9.17) is 10.5 Å². The Labute approximate surface area is 95.3 Å². The summed E-state index contributed by atoms with van der Waals surface area (Å²) in [6, 6.07) is 5.29. The molecule has 0 saturated carbocycles. The molecule has 0 atom stereocenters. The number of esters is 1. The van der Waals surface area contributed by atoms with Gasteiger partial charge in [0.25, 0.3) is 0 Å². The molecular formula is C12H17NO3. The van der Waals surface area contributed by atoms with E-state index in [0.29, 0.717) is 18.7 Å². The van der Waals surface area contributed by atoms with E-state index in [1.165, 1.54) is 7.11 Å². The molecule has 0 aliphatic rings. The molecule has 0 aliphatic heterocycles. The standard InChI is InChI=1S/C12H17NO3/c1-9-8-10(16-7-3-6-13)4-5-11(9)12(14)15-2/h4-5,8H,3,6-7,13H2,1-2H3. The Balaban J connectivity index is 2.71. The Hall–Kier alpha value is -1.55. The summed E-state index contributed by atoms with van der Waals surface area (Å²) in [5.74, 6) is 0.421. The summed E-state index contributed by atoms with van der Waals surface area (Å²) in [4.78, 5) is 11.3. The van der Waals surface area contributed by atoms with Gasteiger partial charge in [0.05, 0.1) is 19.3 Å². The molecule has 4 heteroatoms. The highest BCUT2D eigenvalue weighted by Gasteiger charge is 2.09. The molecule has 1 aromatic rings. The Kier molecular flexibility index (Phi) is 4.79. The monoisotopic (exact) mass is 223 g/mol. The molecule has 0 spiro atoms. The first kappa shape index (κ1) is 12.5. The third-order valence-corrected chi connectivity index (χ3v) is 2.22. The Morgan fingerprint density at radius 2 is 2.19 bits per heavy atom. The summed E-state index contributed by atoms with van der Waals surface area (Å²) in [5.41, 5.74) is 6.77. The van der Waals surface area contributed by atoms with Crippen LogP contribution in [0.4, 0.5) is 0 Å². The summed E-state index contributed by atoms with van der Waals surface area (Å²) in [7, 11) is 1.37. The zero-order chi connectivity index (χ0) is 12.0. The van der Waals surface area contributed by atoms with Gasteiger partial charge in [0, 0.05) is 0 Å². The minimum Gasteiger partial charge on any atom is -0.494 e. The van der Waals surface area contributed by atoms with Crippen molar-refractivity contribution in [1.82, 2.24) is 0 Å². The predicted molar refractivity (Wildman–Crippen MR) is 61.7 cm³/mol. The molecule has 0 amide bonds. The molecule has 0 aliphatic carbocycles. The van der Waals surface area contributed by atoms with E-state index < -0.39 is 0 Å². The molecule has 0 unspecified atom stereocenters. The number of aryl methyl sites for hydroxylation is 1. The van der Waals surface area contributed by atoms with Crippen LogP contribution in [-0.4, -0.2) is 26.2 Å². The highest BCUT2D eigenvalue weighted by Crippen LogP contribution is 2.18. The van der Waals surface area contributed by atoms with Crippen LogP contribution >= 0.6 is 0 Å². The van der Waals surface area contributed by atoms with Crippen molar-refractivity contribution in [1.29, 1.82) is 0 Å². The van der Waals surface area contributed by atoms with Gasteiger partial charge in [-0.1, -0.05) is 0 Å². The number of methoxy groups -OCH3 is 1. The largest absolute Gasteiger partial charge is 0.494 e. The van der Waals surface area contributed by atoms with Gasteiger partial charge in [0.2, 0.25) is 0 Å². The molecule has 1 aromatic carbocycles. The first-order chi connectivity index (χ1) is 7.69.